The van der Waals surface area contributed by atoms with E-state index in [2.05, 4.69) is 0 Å². The Morgan fingerprint density at radius 3 is 2.36 bits per heavy atom. The first kappa shape index (κ1) is 16.0. The molecule has 4 rings (SSSR count). The first-order valence-electron chi connectivity index (χ1n) is 8.77. The Morgan fingerprint density at radius 2 is 1.80 bits per heavy atom. The summed E-state index contributed by atoms with van der Waals surface area (Å²) in [6.07, 6.45) is 3.66. The number of fused-ring (bicyclic) bond motifs is 1. The van der Waals surface area contributed by atoms with Crippen LogP contribution in [0.3, 0.4) is 0 Å². The Bertz CT molecular complexity index is 850. The Balaban J connectivity index is 1.92. The van der Waals surface area contributed by atoms with E-state index in [1.807, 2.05) is 49.1 Å². The van der Waals surface area contributed by atoms with Crippen LogP contribution in [-0.2, 0) is 11.2 Å². The molecular weight excluding hydrogens is 314 g/mol. The van der Waals surface area contributed by atoms with Crippen LogP contribution in [0, 0.1) is 19.3 Å². The molecule has 0 aromatic heterocycles. The van der Waals surface area contributed by atoms with Gasteiger partial charge in [-0.1, -0.05) is 6.42 Å². The van der Waals surface area contributed by atoms with Gasteiger partial charge >= 0.3 is 0 Å². The van der Waals surface area contributed by atoms with E-state index < -0.39 is 0 Å². The first-order chi connectivity index (χ1) is 12.0. The van der Waals surface area contributed by atoms with Crippen LogP contribution in [0.4, 0.5) is 11.4 Å². The summed E-state index contributed by atoms with van der Waals surface area (Å²) >= 11 is 0. The maximum atomic E-state index is 13.4. The number of hydrogen-bond acceptors (Lipinski definition) is 3. The van der Waals surface area contributed by atoms with E-state index >= 15 is 0 Å². The molecule has 1 spiro atoms. The third-order valence-corrected chi connectivity index (χ3v) is 5.97. The molecule has 0 radical (unpaired) electrons. The lowest BCUT2D eigenvalue weighted by Crippen LogP contribution is -2.51. The molecule has 1 fully saturated rings. The molecule has 25 heavy (non-hydrogen) atoms. The van der Waals surface area contributed by atoms with Gasteiger partial charge in [-0.05, 0) is 80.1 Å². The van der Waals surface area contributed by atoms with Crippen LogP contribution in [0.2, 0.25) is 0 Å². The van der Waals surface area contributed by atoms with Gasteiger partial charge in [-0.2, -0.15) is 0 Å². The van der Waals surface area contributed by atoms with Crippen LogP contribution < -0.4 is 9.64 Å². The minimum absolute atomic E-state index is 0.185. The van der Waals surface area contributed by atoms with Crippen LogP contribution >= 0.6 is 0 Å². The lowest BCUT2D eigenvalue weighted by atomic mass is 9.62. The third-order valence-electron chi connectivity index (χ3n) is 5.97. The summed E-state index contributed by atoms with van der Waals surface area (Å²) in [5, 5.41) is 10.3. The van der Waals surface area contributed by atoms with Gasteiger partial charge in [0.05, 0.1) is 18.2 Å². The second-order valence-corrected chi connectivity index (χ2v) is 7.30. The molecule has 2 aliphatic rings. The molecule has 1 aliphatic carbocycles. The fourth-order valence-electron chi connectivity index (χ4n) is 4.15. The zero-order valence-corrected chi connectivity index (χ0v) is 14.9. The van der Waals surface area contributed by atoms with E-state index in [-0.39, 0.29) is 11.3 Å². The van der Waals surface area contributed by atoms with Crippen molar-refractivity contribution >= 4 is 17.3 Å². The van der Waals surface area contributed by atoms with Gasteiger partial charge in [-0.25, -0.2) is 0 Å². The monoisotopic (exact) mass is 337 g/mol. The number of anilines is 2. The zero-order chi connectivity index (χ0) is 17.8. The summed E-state index contributed by atoms with van der Waals surface area (Å²) in [7, 11) is 1.63. The minimum Gasteiger partial charge on any atom is -0.508 e. The fraction of sp³-hybridized carbons (Fsp3) is 0.381. The molecule has 4 heteroatoms. The molecule has 1 N–H and O–H groups in total. The highest BCUT2D eigenvalue weighted by atomic mass is 16.5. The van der Waals surface area contributed by atoms with Gasteiger partial charge in [0.2, 0.25) is 5.91 Å². The summed E-state index contributed by atoms with van der Waals surface area (Å²) in [5.74, 6) is 1.27. The van der Waals surface area contributed by atoms with E-state index in [1.54, 1.807) is 7.11 Å². The van der Waals surface area contributed by atoms with Crippen molar-refractivity contribution < 1.29 is 14.6 Å². The summed E-state index contributed by atoms with van der Waals surface area (Å²) < 4.78 is 5.25. The number of carbonyl (C=O) groups excluding carboxylic acids is 1. The number of aromatic hydroxyl groups is 1. The number of ether oxygens (including phenoxy) is 1. The van der Waals surface area contributed by atoms with Crippen molar-refractivity contribution in [2.24, 2.45) is 5.41 Å². The topological polar surface area (TPSA) is 49.8 Å². The van der Waals surface area contributed by atoms with Gasteiger partial charge in [0.1, 0.15) is 11.5 Å². The summed E-state index contributed by atoms with van der Waals surface area (Å²) in [6.45, 7) is 3.88. The Labute approximate surface area is 148 Å². The number of amides is 1. The van der Waals surface area contributed by atoms with Gasteiger partial charge in [0.25, 0.3) is 0 Å². The van der Waals surface area contributed by atoms with Crippen molar-refractivity contribution in [1.29, 1.82) is 0 Å². The van der Waals surface area contributed by atoms with E-state index in [1.165, 1.54) is 0 Å². The number of rotatable bonds is 2. The average molecular weight is 337 g/mol. The third kappa shape index (κ3) is 2.24. The highest BCUT2D eigenvalue weighted by Gasteiger charge is 2.51. The highest BCUT2D eigenvalue weighted by molar-refractivity contribution is 6.08. The summed E-state index contributed by atoms with van der Waals surface area (Å²) in [6, 6.07) is 9.47. The van der Waals surface area contributed by atoms with Crippen molar-refractivity contribution in [3.63, 3.8) is 0 Å². The smallest absolute Gasteiger partial charge is 0.238 e. The normalized spacial score (nSPS) is 18.0. The maximum absolute atomic E-state index is 13.4. The average Bonchev–Trinajstić information content (AvgIpc) is 2.59. The van der Waals surface area contributed by atoms with Crippen molar-refractivity contribution in [2.75, 3.05) is 12.0 Å². The van der Waals surface area contributed by atoms with Crippen LogP contribution in [-0.4, -0.2) is 18.1 Å². The number of benzene rings is 2. The molecule has 0 saturated heterocycles. The van der Waals surface area contributed by atoms with Gasteiger partial charge in [0, 0.05) is 5.69 Å². The molecule has 1 heterocycles. The van der Waals surface area contributed by atoms with Crippen molar-refractivity contribution in [1.82, 2.24) is 0 Å². The Hall–Kier alpha value is -2.49. The van der Waals surface area contributed by atoms with E-state index in [0.717, 1.165) is 59.5 Å². The van der Waals surface area contributed by atoms with Crippen molar-refractivity contribution in [3.8, 4) is 11.5 Å². The van der Waals surface area contributed by atoms with Crippen molar-refractivity contribution in [3.05, 3.63) is 47.0 Å². The number of carbonyl (C=O) groups is 1. The lowest BCUT2D eigenvalue weighted by molar-refractivity contribution is -0.132. The number of hydrogen-bond donors (Lipinski definition) is 1. The van der Waals surface area contributed by atoms with Gasteiger partial charge in [-0.3, -0.25) is 9.69 Å². The molecule has 2 aromatic rings. The number of phenolic OH excluding ortho intramolecular Hbond substituents is 1. The summed E-state index contributed by atoms with van der Waals surface area (Å²) in [4.78, 5) is 15.3. The SMILES string of the molecule is COc1ccc(N2C(=O)C3(CCC3)Cc3cc(O)c(C)c(C)c32)cc1. The number of nitrogens with zero attached hydrogens (tertiary/aromatic N) is 1. The van der Waals surface area contributed by atoms with E-state index in [9.17, 15) is 9.90 Å². The lowest BCUT2D eigenvalue weighted by Gasteiger charge is -2.48. The molecule has 1 aliphatic heterocycles. The first-order valence-corrected chi connectivity index (χ1v) is 8.77. The highest BCUT2D eigenvalue weighted by Crippen LogP contribution is 2.53. The van der Waals surface area contributed by atoms with Crippen LogP contribution in [0.15, 0.2) is 30.3 Å². The largest absolute Gasteiger partial charge is 0.508 e. The van der Waals surface area contributed by atoms with Gasteiger partial charge < -0.3 is 9.84 Å². The molecule has 4 nitrogen and oxygen atoms in total. The second kappa shape index (κ2) is 5.51. The predicted octanol–water partition coefficient (Wildman–Crippen LogP) is 4.41. The quantitative estimate of drug-likeness (QED) is 0.883. The minimum atomic E-state index is -0.304. The molecule has 2 aromatic carbocycles. The molecule has 130 valence electrons. The van der Waals surface area contributed by atoms with Crippen molar-refractivity contribution in [2.45, 2.75) is 39.5 Å². The maximum Gasteiger partial charge on any atom is 0.238 e. The van der Waals surface area contributed by atoms with Crippen LogP contribution in [0.1, 0.15) is 36.0 Å². The fourth-order valence-corrected chi connectivity index (χ4v) is 4.15. The Morgan fingerprint density at radius 1 is 1.12 bits per heavy atom. The van der Waals surface area contributed by atoms with E-state index in [0.29, 0.717) is 5.75 Å². The standard InChI is InChI=1S/C21H23NO3/c1-13-14(2)19-15(11-18(13)23)12-21(9-4-10-21)20(24)22(19)16-5-7-17(25-3)8-6-16/h5-8,11,23H,4,9-10,12H2,1-3H3. The van der Waals surface area contributed by atoms with Crippen LogP contribution in [0.5, 0.6) is 11.5 Å². The summed E-state index contributed by atoms with van der Waals surface area (Å²) in [5.41, 5.74) is 4.34. The molecule has 0 unspecified atom stereocenters. The zero-order valence-electron chi connectivity index (χ0n) is 14.9. The van der Waals surface area contributed by atoms with Gasteiger partial charge in [0.15, 0.2) is 0 Å². The van der Waals surface area contributed by atoms with Gasteiger partial charge in [-0.15, -0.1) is 0 Å². The molecule has 1 amide bonds. The molecular formula is C21H23NO3. The number of phenols is 1. The number of methoxy groups -OCH3 is 1. The van der Waals surface area contributed by atoms with E-state index in [4.69, 9.17) is 4.74 Å². The van der Waals surface area contributed by atoms with Crippen LogP contribution in [0.25, 0.3) is 0 Å². The second-order valence-electron chi connectivity index (χ2n) is 7.30. The Kier molecular flexibility index (Phi) is 3.53. The predicted molar refractivity (Wildman–Crippen MR) is 97.7 cm³/mol. The molecule has 0 atom stereocenters. The molecule has 1 saturated carbocycles. The molecule has 0 bridgehead atoms.